The van der Waals surface area contributed by atoms with Crippen molar-refractivity contribution >= 4 is 5.78 Å². The zero-order chi connectivity index (χ0) is 11.1. The Balaban J connectivity index is 2.46. The van der Waals surface area contributed by atoms with Crippen molar-refractivity contribution in [1.29, 1.82) is 0 Å². The van der Waals surface area contributed by atoms with Crippen molar-refractivity contribution in [3.05, 3.63) is 29.8 Å². The molecule has 3 heteroatoms. The SMILES string of the molecule is CCOCC(=O)Cc1ccc(OC)cc1. The third-order valence-electron chi connectivity index (χ3n) is 2.03. The molecule has 15 heavy (non-hydrogen) atoms. The lowest BCUT2D eigenvalue weighted by Crippen LogP contribution is -2.11. The molecular weight excluding hydrogens is 192 g/mol. The zero-order valence-corrected chi connectivity index (χ0v) is 9.16. The number of Topliss-reactive ketones (excluding diaryl/α,β-unsaturated/α-hetero) is 1. The number of hydrogen-bond acceptors (Lipinski definition) is 3. The molecule has 0 aliphatic rings. The fraction of sp³-hybridized carbons (Fsp3) is 0.417. The summed E-state index contributed by atoms with van der Waals surface area (Å²) in [5.41, 5.74) is 0.987. The summed E-state index contributed by atoms with van der Waals surface area (Å²) in [5.74, 6) is 0.901. The van der Waals surface area contributed by atoms with Crippen LogP contribution in [0, 0.1) is 0 Å². The van der Waals surface area contributed by atoms with E-state index in [2.05, 4.69) is 0 Å². The number of benzene rings is 1. The lowest BCUT2D eigenvalue weighted by molar-refractivity contribution is -0.122. The molecule has 1 rings (SSSR count). The number of ether oxygens (including phenoxy) is 2. The van der Waals surface area contributed by atoms with Crippen molar-refractivity contribution in [2.24, 2.45) is 0 Å². The third-order valence-corrected chi connectivity index (χ3v) is 2.03. The van der Waals surface area contributed by atoms with Crippen LogP contribution >= 0.6 is 0 Å². The first-order chi connectivity index (χ1) is 7.26. The second-order valence-electron chi connectivity index (χ2n) is 3.20. The molecule has 0 aliphatic heterocycles. The van der Waals surface area contributed by atoms with Gasteiger partial charge in [0.05, 0.1) is 7.11 Å². The van der Waals surface area contributed by atoms with Gasteiger partial charge in [-0.25, -0.2) is 0 Å². The summed E-state index contributed by atoms with van der Waals surface area (Å²) in [6.45, 7) is 2.65. The minimum Gasteiger partial charge on any atom is -0.497 e. The molecule has 1 aromatic carbocycles. The van der Waals surface area contributed by atoms with Crippen molar-refractivity contribution in [3.8, 4) is 5.75 Å². The topological polar surface area (TPSA) is 35.5 Å². The summed E-state index contributed by atoms with van der Waals surface area (Å²) >= 11 is 0. The Morgan fingerprint density at radius 2 is 1.93 bits per heavy atom. The van der Waals surface area contributed by atoms with Crippen molar-refractivity contribution in [1.82, 2.24) is 0 Å². The standard InChI is InChI=1S/C12H16O3/c1-3-15-9-11(13)8-10-4-6-12(14-2)7-5-10/h4-7H,3,8-9H2,1-2H3. The van der Waals surface area contributed by atoms with E-state index in [9.17, 15) is 4.79 Å². The maximum absolute atomic E-state index is 11.4. The van der Waals surface area contributed by atoms with Crippen LogP contribution in [0.5, 0.6) is 5.75 Å². The Bertz CT molecular complexity index is 303. The quantitative estimate of drug-likeness (QED) is 0.715. The monoisotopic (exact) mass is 208 g/mol. The van der Waals surface area contributed by atoms with Gasteiger partial charge in [0, 0.05) is 13.0 Å². The predicted octanol–water partition coefficient (Wildman–Crippen LogP) is 1.84. The Morgan fingerprint density at radius 1 is 1.27 bits per heavy atom. The molecule has 0 spiro atoms. The average molecular weight is 208 g/mol. The van der Waals surface area contributed by atoms with E-state index >= 15 is 0 Å². The molecule has 0 heterocycles. The third kappa shape index (κ3) is 4.13. The van der Waals surface area contributed by atoms with E-state index in [1.807, 2.05) is 31.2 Å². The first-order valence-corrected chi connectivity index (χ1v) is 4.98. The van der Waals surface area contributed by atoms with Gasteiger partial charge in [-0.1, -0.05) is 12.1 Å². The summed E-state index contributed by atoms with van der Waals surface area (Å²) < 4.78 is 10.1. The molecule has 0 atom stereocenters. The summed E-state index contributed by atoms with van der Waals surface area (Å²) in [7, 11) is 1.62. The van der Waals surface area contributed by atoms with Gasteiger partial charge in [-0.2, -0.15) is 0 Å². The van der Waals surface area contributed by atoms with Crippen LogP contribution < -0.4 is 4.74 Å². The Morgan fingerprint density at radius 3 is 2.47 bits per heavy atom. The van der Waals surface area contributed by atoms with E-state index in [0.29, 0.717) is 13.0 Å². The second-order valence-corrected chi connectivity index (χ2v) is 3.20. The van der Waals surface area contributed by atoms with Crippen LogP contribution in [0.3, 0.4) is 0 Å². The van der Waals surface area contributed by atoms with Crippen LogP contribution in [0.1, 0.15) is 12.5 Å². The molecule has 0 aromatic heterocycles. The van der Waals surface area contributed by atoms with Crippen LogP contribution in [0.15, 0.2) is 24.3 Å². The molecule has 82 valence electrons. The summed E-state index contributed by atoms with van der Waals surface area (Å²) in [5, 5.41) is 0. The van der Waals surface area contributed by atoms with E-state index in [1.54, 1.807) is 7.11 Å². The first-order valence-electron chi connectivity index (χ1n) is 4.98. The van der Waals surface area contributed by atoms with Gasteiger partial charge >= 0.3 is 0 Å². The maximum Gasteiger partial charge on any atom is 0.162 e. The lowest BCUT2D eigenvalue weighted by atomic mass is 10.1. The van der Waals surface area contributed by atoms with Crippen molar-refractivity contribution in [3.63, 3.8) is 0 Å². The Labute approximate surface area is 90.0 Å². The number of methoxy groups -OCH3 is 1. The normalized spacial score (nSPS) is 10.0. The highest BCUT2D eigenvalue weighted by Gasteiger charge is 2.03. The Kier molecular flexibility index (Phi) is 4.84. The largest absolute Gasteiger partial charge is 0.497 e. The number of rotatable bonds is 6. The highest BCUT2D eigenvalue weighted by molar-refractivity contribution is 5.82. The second kappa shape index (κ2) is 6.19. The summed E-state index contributed by atoms with van der Waals surface area (Å²) in [6, 6.07) is 7.48. The van der Waals surface area contributed by atoms with E-state index in [-0.39, 0.29) is 12.4 Å². The summed E-state index contributed by atoms with van der Waals surface area (Å²) in [6.07, 6.45) is 0.421. The molecule has 0 amide bonds. The van der Waals surface area contributed by atoms with E-state index < -0.39 is 0 Å². The fourth-order valence-corrected chi connectivity index (χ4v) is 1.24. The number of carbonyl (C=O) groups excluding carboxylic acids is 1. The molecule has 0 saturated carbocycles. The molecule has 1 aromatic rings. The molecule has 0 fully saturated rings. The molecule has 3 nitrogen and oxygen atoms in total. The van der Waals surface area contributed by atoms with Gasteiger partial charge in [0.15, 0.2) is 5.78 Å². The maximum atomic E-state index is 11.4. The molecule has 0 radical (unpaired) electrons. The van der Waals surface area contributed by atoms with E-state index in [1.165, 1.54) is 0 Å². The molecule has 0 saturated heterocycles. The molecule has 0 aliphatic carbocycles. The van der Waals surface area contributed by atoms with E-state index in [4.69, 9.17) is 9.47 Å². The predicted molar refractivity (Wildman–Crippen MR) is 58.2 cm³/mol. The molecular formula is C12H16O3. The van der Waals surface area contributed by atoms with Crippen LogP contribution in [0.4, 0.5) is 0 Å². The van der Waals surface area contributed by atoms with Gasteiger partial charge < -0.3 is 9.47 Å². The number of ketones is 1. The van der Waals surface area contributed by atoms with Crippen molar-refractivity contribution in [2.45, 2.75) is 13.3 Å². The minimum atomic E-state index is 0.0991. The van der Waals surface area contributed by atoms with Crippen LogP contribution in [-0.2, 0) is 16.0 Å². The smallest absolute Gasteiger partial charge is 0.162 e. The Hall–Kier alpha value is -1.35. The highest BCUT2D eigenvalue weighted by atomic mass is 16.5. The molecule has 0 unspecified atom stereocenters. The minimum absolute atomic E-state index is 0.0991. The van der Waals surface area contributed by atoms with Gasteiger partial charge in [0.2, 0.25) is 0 Å². The van der Waals surface area contributed by atoms with Crippen molar-refractivity contribution in [2.75, 3.05) is 20.3 Å². The fourth-order valence-electron chi connectivity index (χ4n) is 1.24. The van der Waals surface area contributed by atoms with Gasteiger partial charge in [0.1, 0.15) is 12.4 Å². The van der Waals surface area contributed by atoms with Crippen LogP contribution in [-0.4, -0.2) is 26.1 Å². The highest BCUT2D eigenvalue weighted by Crippen LogP contribution is 2.11. The average Bonchev–Trinajstić information content (AvgIpc) is 2.27. The van der Waals surface area contributed by atoms with Gasteiger partial charge in [-0.3, -0.25) is 4.79 Å². The van der Waals surface area contributed by atoms with Gasteiger partial charge in [-0.05, 0) is 24.6 Å². The van der Waals surface area contributed by atoms with Crippen LogP contribution in [0.2, 0.25) is 0 Å². The zero-order valence-electron chi connectivity index (χ0n) is 9.16. The molecule has 0 bridgehead atoms. The lowest BCUT2D eigenvalue weighted by Gasteiger charge is -2.03. The van der Waals surface area contributed by atoms with Crippen LogP contribution in [0.25, 0.3) is 0 Å². The van der Waals surface area contributed by atoms with Crippen molar-refractivity contribution < 1.29 is 14.3 Å². The molecule has 0 N–H and O–H groups in total. The number of carbonyl (C=O) groups is 1. The van der Waals surface area contributed by atoms with E-state index in [0.717, 1.165) is 11.3 Å². The summed E-state index contributed by atoms with van der Waals surface area (Å²) in [4.78, 5) is 11.4. The first kappa shape index (κ1) is 11.7. The van der Waals surface area contributed by atoms with Gasteiger partial charge in [-0.15, -0.1) is 0 Å². The van der Waals surface area contributed by atoms with Gasteiger partial charge in [0.25, 0.3) is 0 Å². The number of hydrogen-bond donors (Lipinski definition) is 0.